The number of hydrogen-bond acceptors (Lipinski definition) is 4. The fraction of sp³-hybridized carbons (Fsp3) is 0.100. The van der Waals surface area contributed by atoms with E-state index in [-0.39, 0.29) is 21.6 Å². The molecule has 0 spiro atoms. The lowest BCUT2D eigenvalue weighted by Crippen LogP contribution is -1.97. The molecule has 0 aliphatic carbocycles. The van der Waals surface area contributed by atoms with E-state index in [1.807, 2.05) is 0 Å². The Hall–Kier alpha value is -1.63. The summed E-state index contributed by atoms with van der Waals surface area (Å²) in [6.45, 7) is 0. The van der Waals surface area contributed by atoms with Crippen molar-refractivity contribution in [1.29, 1.82) is 0 Å². The zero-order chi connectivity index (χ0) is 12.6. The van der Waals surface area contributed by atoms with Gasteiger partial charge in [-0.05, 0) is 22.0 Å². The molecule has 0 aliphatic rings. The van der Waals surface area contributed by atoms with Crippen LogP contribution in [0.4, 0.5) is 14.7 Å². The molecule has 17 heavy (non-hydrogen) atoms. The van der Waals surface area contributed by atoms with Gasteiger partial charge in [0.05, 0.1) is 11.6 Å². The number of nitrogen functional groups attached to an aromatic ring is 1. The predicted molar refractivity (Wildman–Crippen MR) is 60.5 cm³/mol. The molecule has 0 fully saturated rings. The van der Waals surface area contributed by atoms with Crippen molar-refractivity contribution in [3.05, 3.63) is 28.2 Å². The number of methoxy groups -OCH3 is 1. The summed E-state index contributed by atoms with van der Waals surface area (Å²) in [6, 6.07) is 2.58. The van der Waals surface area contributed by atoms with Gasteiger partial charge in [0.2, 0.25) is 5.88 Å². The third-order valence-corrected chi connectivity index (χ3v) is 2.70. The molecule has 7 heteroatoms. The molecular weight excluding hydrogens is 298 g/mol. The van der Waals surface area contributed by atoms with Crippen LogP contribution in [0, 0.1) is 11.6 Å². The zero-order valence-electron chi connectivity index (χ0n) is 8.63. The van der Waals surface area contributed by atoms with Crippen LogP contribution in [0.2, 0.25) is 0 Å². The van der Waals surface area contributed by atoms with E-state index in [9.17, 15) is 8.78 Å². The number of hydrogen-bond donors (Lipinski definition) is 1. The molecule has 1 aromatic heterocycles. The van der Waals surface area contributed by atoms with Crippen molar-refractivity contribution in [1.82, 2.24) is 5.16 Å². The molecule has 0 saturated heterocycles. The van der Waals surface area contributed by atoms with Crippen LogP contribution in [0.3, 0.4) is 0 Å². The molecule has 90 valence electrons. The minimum absolute atomic E-state index is 0.0376. The van der Waals surface area contributed by atoms with Gasteiger partial charge in [-0.25, -0.2) is 8.78 Å². The van der Waals surface area contributed by atoms with E-state index in [1.54, 1.807) is 0 Å². The Kier molecular flexibility index (Phi) is 3.01. The molecular formula is C10H7BrF2N2O2. The first kappa shape index (κ1) is 11.8. The molecule has 0 aliphatic heterocycles. The molecule has 0 radical (unpaired) electrons. The number of nitrogens with two attached hydrogens (primary N) is 1. The number of rotatable bonds is 2. The van der Waals surface area contributed by atoms with E-state index < -0.39 is 17.4 Å². The minimum atomic E-state index is -0.860. The van der Waals surface area contributed by atoms with Gasteiger partial charge in [-0.3, -0.25) is 0 Å². The Morgan fingerprint density at radius 1 is 1.35 bits per heavy atom. The van der Waals surface area contributed by atoms with Crippen LogP contribution in [-0.2, 0) is 0 Å². The maximum atomic E-state index is 13.9. The van der Waals surface area contributed by atoms with Crippen molar-refractivity contribution in [2.45, 2.75) is 0 Å². The van der Waals surface area contributed by atoms with Crippen LogP contribution in [0.5, 0.6) is 5.75 Å². The van der Waals surface area contributed by atoms with E-state index >= 15 is 0 Å². The highest BCUT2D eigenvalue weighted by Gasteiger charge is 2.21. The van der Waals surface area contributed by atoms with Gasteiger partial charge in [-0.2, -0.15) is 0 Å². The minimum Gasteiger partial charge on any atom is -0.491 e. The fourth-order valence-corrected chi connectivity index (χ4v) is 1.77. The van der Waals surface area contributed by atoms with Crippen LogP contribution >= 0.6 is 15.9 Å². The topological polar surface area (TPSA) is 61.3 Å². The summed E-state index contributed by atoms with van der Waals surface area (Å²) in [5.41, 5.74) is 5.54. The van der Waals surface area contributed by atoms with E-state index in [2.05, 4.69) is 30.3 Å². The number of ether oxygens (including phenoxy) is 1. The van der Waals surface area contributed by atoms with Crippen molar-refractivity contribution in [2.75, 3.05) is 12.8 Å². The highest BCUT2D eigenvalue weighted by atomic mass is 79.9. The molecule has 1 heterocycles. The number of anilines is 1. The van der Waals surface area contributed by atoms with Crippen molar-refractivity contribution >= 4 is 21.8 Å². The highest BCUT2D eigenvalue weighted by Crippen LogP contribution is 2.35. The first-order chi connectivity index (χ1) is 8.04. The van der Waals surface area contributed by atoms with Gasteiger partial charge in [0.25, 0.3) is 0 Å². The molecule has 2 rings (SSSR count). The van der Waals surface area contributed by atoms with Crippen molar-refractivity contribution in [2.24, 2.45) is 0 Å². The summed E-state index contributed by atoms with van der Waals surface area (Å²) in [5.74, 6) is -2.12. The number of aromatic nitrogens is 1. The summed E-state index contributed by atoms with van der Waals surface area (Å²) in [4.78, 5) is 0. The molecule has 0 bridgehead atoms. The third kappa shape index (κ3) is 1.97. The normalized spacial score (nSPS) is 10.6. The molecule has 0 atom stereocenters. The van der Waals surface area contributed by atoms with E-state index in [4.69, 9.17) is 5.73 Å². The molecule has 0 amide bonds. The summed E-state index contributed by atoms with van der Waals surface area (Å²) in [7, 11) is 1.18. The Morgan fingerprint density at radius 3 is 2.59 bits per heavy atom. The standard InChI is InChI=1S/C10H7BrF2N2O2/c1-16-10-8(12)4(2-5(11)9(10)13)6-3-7(14)17-15-6/h2-3H,14H2,1H3. The number of halogens is 3. The van der Waals surface area contributed by atoms with Crippen molar-refractivity contribution in [3.63, 3.8) is 0 Å². The Balaban J connectivity index is 2.67. The SMILES string of the molecule is COc1c(F)c(Br)cc(-c2cc(N)on2)c1F. The van der Waals surface area contributed by atoms with Gasteiger partial charge < -0.3 is 15.0 Å². The van der Waals surface area contributed by atoms with Crippen LogP contribution in [0.25, 0.3) is 11.3 Å². The molecule has 2 N–H and O–H groups in total. The summed E-state index contributed by atoms with van der Waals surface area (Å²) in [5, 5.41) is 3.55. The predicted octanol–water partition coefficient (Wildman–Crippen LogP) is 2.97. The lowest BCUT2D eigenvalue weighted by Gasteiger charge is -2.08. The summed E-state index contributed by atoms with van der Waals surface area (Å²) >= 11 is 2.96. The molecule has 1 aromatic carbocycles. The van der Waals surface area contributed by atoms with Crippen molar-refractivity contribution < 1.29 is 18.0 Å². The zero-order valence-corrected chi connectivity index (χ0v) is 10.2. The molecule has 0 unspecified atom stereocenters. The molecule has 2 aromatic rings. The van der Waals surface area contributed by atoms with Gasteiger partial charge in [0.15, 0.2) is 17.4 Å². The first-order valence-corrected chi connectivity index (χ1v) is 5.28. The van der Waals surface area contributed by atoms with Crippen LogP contribution < -0.4 is 10.5 Å². The first-order valence-electron chi connectivity index (χ1n) is 4.48. The smallest absolute Gasteiger partial charge is 0.222 e. The summed E-state index contributed by atoms with van der Waals surface area (Å²) < 4.78 is 36.7. The molecule has 4 nitrogen and oxygen atoms in total. The van der Waals surface area contributed by atoms with Gasteiger partial charge in [0, 0.05) is 11.6 Å². The second kappa shape index (κ2) is 4.33. The Morgan fingerprint density at radius 2 is 2.06 bits per heavy atom. The second-order valence-electron chi connectivity index (χ2n) is 3.18. The summed E-state index contributed by atoms with van der Waals surface area (Å²) in [6.07, 6.45) is 0. The molecule has 0 saturated carbocycles. The van der Waals surface area contributed by atoms with E-state index in [0.29, 0.717) is 0 Å². The van der Waals surface area contributed by atoms with Gasteiger partial charge >= 0.3 is 0 Å². The quantitative estimate of drug-likeness (QED) is 0.867. The van der Waals surface area contributed by atoms with Crippen molar-refractivity contribution in [3.8, 4) is 17.0 Å². The average Bonchev–Trinajstić information content (AvgIpc) is 2.71. The maximum Gasteiger partial charge on any atom is 0.222 e. The monoisotopic (exact) mass is 304 g/mol. The van der Waals surface area contributed by atoms with Crippen LogP contribution in [0.15, 0.2) is 21.1 Å². The maximum absolute atomic E-state index is 13.9. The fourth-order valence-electron chi connectivity index (χ4n) is 1.36. The number of benzene rings is 1. The lowest BCUT2D eigenvalue weighted by molar-refractivity contribution is 0.359. The van der Waals surface area contributed by atoms with E-state index in [0.717, 1.165) is 0 Å². The number of nitrogens with zero attached hydrogens (tertiary/aromatic N) is 1. The van der Waals surface area contributed by atoms with E-state index in [1.165, 1.54) is 19.2 Å². The van der Waals surface area contributed by atoms with Gasteiger partial charge in [-0.1, -0.05) is 5.16 Å². The highest BCUT2D eigenvalue weighted by molar-refractivity contribution is 9.10. The third-order valence-electron chi connectivity index (χ3n) is 2.12. The van der Waals surface area contributed by atoms with Gasteiger partial charge in [0.1, 0.15) is 5.69 Å². The van der Waals surface area contributed by atoms with Crippen LogP contribution in [-0.4, -0.2) is 12.3 Å². The average molecular weight is 305 g/mol. The Bertz CT molecular complexity index is 572. The Labute approximate surface area is 103 Å². The largest absolute Gasteiger partial charge is 0.491 e. The van der Waals surface area contributed by atoms with Gasteiger partial charge in [-0.15, -0.1) is 0 Å². The second-order valence-corrected chi connectivity index (χ2v) is 4.04. The van der Waals surface area contributed by atoms with Crippen LogP contribution in [0.1, 0.15) is 0 Å². The lowest BCUT2D eigenvalue weighted by atomic mass is 10.1.